The van der Waals surface area contributed by atoms with Crippen LogP contribution in [0.1, 0.15) is 62.6 Å². The van der Waals surface area contributed by atoms with Crippen molar-refractivity contribution in [3.05, 3.63) is 47.7 Å². The first kappa shape index (κ1) is 17.2. The summed E-state index contributed by atoms with van der Waals surface area (Å²) in [7, 11) is 0. The van der Waals surface area contributed by atoms with Gasteiger partial charge >= 0.3 is 0 Å². The van der Waals surface area contributed by atoms with Crippen molar-refractivity contribution in [3.63, 3.8) is 0 Å². The Morgan fingerprint density at radius 1 is 1.22 bits per heavy atom. The van der Waals surface area contributed by atoms with Crippen LogP contribution >= 0.6 is 0 Å². The molecule has 0 aliphatic rings. The highest BCUT2D eigenvalue weighted by molar-refractivity contribution is 6.02. The lowest BCUT2D eigenvalue weighted by molar-refractivity contribution is 0.102. The molecular formula is C18H25N3O2. The van der Waals surface area contributed by atoms with E-state index in [1.165, 1.54) is 11.8 Å². The van der Waals surface area contributed by atoms with Crippen molar-refractivity contribution >= 4 is 11.6 Å². The van der Waals surface area contributed by atoms with Crippen LogP contribution in [0.5, 0.6) is 0 Å². The molecule has 23 heavy (non-hydrogen) atoms. The van der Waals surface area contributed by atoms with Crippen LogP contribution in [0.2, 0.25) is 0 Å². The summed E-state index contributed by atoms with van der Waals surface area (Å²) in [5.74, 6) is 0.266. The summed E-state index contributed by atoms with van der Waals surface area (Å²) < 4.78 is 5.31. The van der Waals surface area contributed by atoms with Gasteiger partial charge in [-0.15, -0.1) is 0 Å². The predicted octanol–water partition coefficient (Wildman–Crippen LogP) is 3.88. The molecule has 2 rings (SSSR count). The molecule has 1 aromatic heterocycles. The molecule has 3 N–H and O–H groups in total. The first-order valence-electron chi connectivity index (χ1n) is 7.81. The number of nitrogens with zero attached hydrogens (tertiary/aromatic N) is 1. The van der Waals surface area contributed by atoms with E-state index in [0.29, 0.717) is 5.89 Å². The standard InChI is InChI=1S/C18H25N3O2/c1-11(2)15(19)17-21-14(10-23-17)16(22)20-13-8-6-12(7-9-13)18(3,4)5/h6-11,15H,19H2,1-5H3,(H,20,22). The van der Waals surface area contributed by atoms with E-state index in [4.69, 9.17) is 10.2 Å². The normalized spacial score (nSPS) is 13.2. The van der Waals surface area contributed by atoms with E-state index in [-0.39, 0.29) is 29.0 Å². The Morgan fingerprint density at radius 2 is 1.83 bits per heavy atom. The number of nitrogens with two attached hydrogens (primary N) is 1. The maximum absolute atomic E-state index is 12.2. The van der Waals surface area contributed by atoms with Crippen molar-refractivity contribution in [2.45, 2.75) is 46.1 Å². The SMILES string of the molecule is CC(C)C(N)c1nc(C(=O)Nc2ccc(C(C)(C)C)cc2)co1. The molecule has 0 spiro atoms. The second-order valence-corrected chi connectivity index (χ2v) is 7.12. The van der Waals surface area contributed by atoms with E-state index >= 15 is 0 Å². The van der Waals surface area contributed by atoms with E-state index in [2.05, 4.69) is 31.1 Å². The van der Waals surface area contributed by atoms with E-state index in [9.17, 15) is 4.79 Å². The fourth-order valence-electron chi connectivity index (χ4n) is 2.08. The van der Waals surface area contributed by atoms with Gasteiger partial charge in [-0.1, -0.05) is 46.8 Å². The monoisotopic (exact) mass is 315 g/mol. The molecule has 0 bridgehead atoms. The number of hydrogen-bond acceptors (Lipinski definition) is 4. The quantitative estimate of drug-likeness (QED) is 0.897. The zero-order chi connectivity index (χ0) is 17.2. The summed E-state index contributed by atoms with van der Waals surface area (Å²) in [6, 6.07) is 7.48. The number of amides is 1. The molecule has 0 aliphatic carbocycles. The minimum absolute atomic E-state index is 0.0799. The predicted molar refractivity (Wildman–Crippen MR) is 91.4 cm³/mol. The lowest BCUT2D eigenvalue weighted by Crippen LogP contribution is -2.18. The van der Waals surface area contributed by atoms with Gasteiger partial charge in [-0.25, -0.2) is 4.98 Å². The summed E-state index contributed by atoms with van der Waals surface area (Å²) in [5.41, 5.74) is 8.22. The maximum Gasteiger partial charge on any atom is 0.277 e. The minimum Gasteiger partial charge on any atom is -0.446 e. The molecule has 1 amide bonds. The molecular weight excluding hydrogens is 290 g/mol. The number of carbonyl (C=O) groups excluding carboxylic acids is 1. The van der Waals surface area contributed by atoms with Gasteiger partial charge in [-0.2, -0.15) is 0 Å². The van der Waals surface area contributed by atoms with Crippen LogP contribution in [-0.4, -0.2) is 10.9 Å². The van der Waals surface area contributed by atoms with Gasteiger partial charge in [0.25, 0.3) is 5.91 Å². The number of anilines is 1. The molecule has 0 fully saturated rings. The average molecular weight is 315 g/mol. The van der Waals surface area contributed by atoms with E-state index in [1.807, 2.05) is 38.1 Å². The minimum atomic E-state index is -0.317. The molecule has 124 valence electrons. The molecule has 1 aromatic carbocycles. The fraction of sp³-hybridized carbons (Fsp3) is 0.444. The molecule has 0 saturated heterocycles. The van der Waals surface area contributed by atoms with Gasteiger partial charge in [0.05, 0.1) is 6.04 Å². The number of carbonyl (C=O) groups is 1. The molecule has 5 nitrogen and oxygen atoms in total. The van der Waals surface area contributed by atoms with E-state index in [1.54, 1.807) is 0 Å². The van der Waals surface area contributed by atoms with Crippen molar-refractivity contribution in [1.29, 1.82) is 0 Å². The Kier molecular flexibility index (Phi) is 4.90. The second kappa shape index (κ2) is 6.54. The first-order valence-corrected chi connectivity index (χ1v) is 7.81. The Labute approximate surface area is 137 Å². The molecule has 1 unspecified atom stereocenters. The van der Waals surface area contributed by atoms with Gasteiger partial charge in [0.2, 0.25) is 5.89 Å². The number of aromatic nitrogens is 1. The second-order valence-electron chi connectivity index (χ2n) is 7.12. The van der Waals surface area contributed by atoms with Gasteiger partial charge in [-0.05, 0) is 29.0 Å². The highest BCUT2D eigenvalue weighted by Gasteiger charge is 2.19. The van der Waals surface area contributed by atoms with Crippen LogP contribution in [0.25, 0.3) is 0 Å². The van der Waals surface area contributed by atoms with E-state index < -0.39 is 0 Å². The van der Waals surface area contributed by atoms with Crippen LogP contribution in [0, 0.1) is 5.92 Å². The van der Waals surface area contributed by atoms with Crippen molar-refractivity contribution in [2.24, 2.45) is 11.7 Å². The molecule has 1 heterocycles. The van der Waals surface area contributed by atoms with Crippen molar-refractivity contribution in [2.75, 3.05) is 5.32 Å². The third kappa shape index (κ3) is 4.20. The Bertz CT molecular complexity index is 666. The molecule has 5 heteroatoms. The van der Waals surface area contributed by atoms with Gasteiger partial charge in [-0.3, -0.25) is 4.79 Å². The van der Waals surface area contributed by atoms with Crippen LogP contribution in [0.4, 0.5) is 5.69 Å². The Hall–Kier alpha value is -2.14. The van der Waals surface area contributed by atoms with Gasteiger partial charge in [0.15, 0.2) is 5.69 Å². The molecule has 2 aromatic rings. The Morgan fingerprint density at radius 3 is 2.35 bits per heavy atom. The third-order valence-electron chi connectivity index (χ3n) is 3.77. The topological polar surface area (TPSA) is 81.1 Å². The summed E-state index contributed by atoms with van der Waals surface area (Å²) in [4.78, 5) is 16.4. The van der Waals surface area contributed by atoms with Gasteiger partial charge in [0.1, 0.15) is 6.26 Å². The van der Waals surface area contributed by atoms with Crippen LogP contribution in [0.3, 0.4) is 0 Å². The first-order chi connectivity index (χ1) is 10.7. The average Bonchev–Trinajstić information content (AvgIpc) is 2.95. The van der Waals surface area contributed by atoms with Crippen molar-refractivity contribution in [1.82, 2.24) is 4.98 Å². The van der Waals surface area contributed by atoms with Crippen molar-refractivity contribution in [3.8, 4) is 0 Å². The maximum atomic E-state index is 12.2. The van der Waals surface area contributed by atoms with Gasteiger partial charge in [0, 0.05) is 5.69 Å². The third-order valence-corrected chi connectivity index (χ3v) is 3.77. The van der Waals surface area contributed by atoms with E-state index in [0.717, 1.165) is 5.69 Å². The van der Waals surface area contributed by atoms with Gasteiger partial charge < -0.3 is 15.5 Å². The summed E-state index contributed by atoms with van der Waals surface area (Å²) in [5, 5.41) is 2.82. The van der Waals surface area contributed by atoms with Crippen LogP contribution < -0.4 is 11.1 Å². The fourth-order valence-corrected chi connectivity index (χ4v) is 2.08. The van der Waals surface area contributed by atoms with Crippen LogP contribution in [-0.2, 0) is 5.41 Å². The number of benzene rings is 1. The lowest BCUT2D eigenvalue weighted by atomic mass is 9.87. The largest absolute Gasteiger partial charge is 0.446 e. The van der Waals surface area contributed by atoms with Crippen LogP contribution in [0.15, 0.2) is 34.9 Å². The lowest BCUT2D eigenvalue weighted by Gasteiger charge is -2.19. The van der Waals surface area contributed by atoms with Crippen molar-refractivity contribution < 1.29 is 9.21 Å². The number of oxazole rings is 1. The number of rotatable bonds is 4. The summed E-state index contributed by atoms with van der Waals surface area (Å²) in [6.07, 6.45) is 1.34. The number of hydrogen-bond donors (Lipinski definition) is 2. The summed E-state index contributed by atoms with van der Waals surface area (Å²) in [6.45, 7) is 10.4. The highest BCUT2D eigenvalue weighted by Crippen LogP contribution is 2.24. The summed E-state index contributed by atoms with van der Waals surface area (Å²) >= 11 is 0. The smallest absolute Gasteiger partial charge is 0.277 e. The molecule has 0 radical (unpaired) electrons. The highest BCUT2D eigenvalue weighted by atomic mass is 16.3. The molecule has 0 saturated carbocycles. The molecule has 1 atom stereocenters. The zero-order valence-corrected chi connectivity index (χ0v) is 14.4. The Balaban J connectivity index is 2.07. The zero-order valence-electron chi connectivity index (χ0n) is 14.4. The molecule has 0 aliphatic heterocycles. The number of nitrogens with one attached hydrogen (secondary N) is 1.